The zero-order chi connectivity index (χ0) is 21.5. The Bertz CT molecular complexity index is 923. The van der Waals surface area contributed by atoms with Gasteiger partial charge in [-0.15, -0.1) is 0 Å². The normalized spacial score (nSPS) is 26.4. The van der Waals surface area contributed by atoms with E-state index in [1.54, 1.807) is 4.90 Å². The zero-order valence-electron chi connectivity index (χ0n) is 16.3. The number of carbonyl (C=O) groups excluding carboxylic acids is 1. The number of ether oxygens (including phenoxy) is 3. The van der Waals surface area contributed by atoms with Crippen molar-refractivity contribution in [3.05, 3.63) is 24.0 Å². The minimum absolute atomic E-state index is 0.0145. The van der Waals surface area contributed by atoms with Crippen LogP contribution in [0, 0.1) is 5.82 Å². The zero-order valence-corrected chi connectivity index (χ0v) is 17.1. The van der Waals surface area contributed by atoms with E-state index in [9.17, 15) is 22.0 Å². The van der Waals surface area contributed by atoms with E-state index in [1.807, 2.05) is 0 Å². The lowest BCUT2D eigenvalue weighted by Crippen LogP contribution is -2.54. The summed E-state index contributed by atoms with van der Waals surface area (Å²) in [7, 11) is -3.67. The molecule has 30 heavy (non-hydrogen) atoms. The molecule has 0 aliphatic carbocycles. The number of hydrogen-bond donors (Lipinski definition) is 0. The fourth-order valence-electron chi connectivity index (χ4n) is 3.82. The first-order valence-corrected chi connectivity index (χ1v) is 11.3. The molecule has 3 aliphatic rings. The van der Waals surface area contributed by atoms with Crippen molar-refractivity contribution in [1.29, 1.82) is 0 Å². The molecule has 1 amide bonds. The Balaban J connectivity index is 1.43. The van der Waals surface area contributed by atoms with Gasteiger partial charge in [-0.1, -0.05) is 0 Å². The summed E-state index contributed by atoms with van der Waals surface area (Å²) < 4.78 is 72.2. The van der Waals surface area contributed by atoms with E-state index in [4.69, 9.17) is 14.2 Å². The molecule has 0 radical (unpaired) electrons. The summed E-state index contributed by atoms with van der Waals surface area (Å²) in [5.74, 6) is -1.86. The summed E-state index contributed by atoms with van der Waals surface area (Å²) >= 11 is 0. The lowest BCUT2D eigenvalue weighted by molar-refractivity contribution is -0.207. The number of piperidine rings is 1. The molecule has 1 unspecified atom stereocenters. The number of halogens is 2. The molecule has 0 N–H and O–H groups in total. The maximum absolute atomic E-state index is 14.8. The molecule has 4 rings (SSSR count). The number of anilines is 2. The van der Waals surface area contributed by atoms with Crippen LogP contribution in [0.4, 0.5) is 25.0 Å². The van der Waals surface area contributed by atoms with Crippen molar-refractivity contribution in [2.24, 2.45) is 0 Å². The first-order valence-electron chi connectivity index (χ1n) is 9.46. The summed E-state index contributed by atoms with van der Waals surface area (Å²) in [4.78, 5) is 14.8. The first-order chi connectivity index (χ1) is 14.2. The van der Waals surface area contributed by atoms with Crippen molar-refractivity contribution < 1.29 is 40.4 Å². The number of alkyl halides is 1. The number of hydrogen-bond acceptors (Lipinski definition) is 8. The molecule has 0 bridgehead atoms. The largest absolute Gasteiger partial charge is 0.441 e. The van der Waals surface area contributed by atoms with Crippen molar-refractivity contribution in [2.45, 2.75) is 24.5 Å². The second-order valence-corrected chi connectivity index (χ2v) is 9.06. The minimum Gasteiger partial charge on any atom is -0.441 e. The third-order valence-electron chi connectivity index (χ3n) is 5.29. The predicted molar refractivity (Wildman–Crippen MR) is 101 cm³/mol. The summed E-state index contributed by atoms with van der Waals surface area (Å²) in [5, 5.41) is 0. The summed E-state index contributed by atoms with van der Waals surface area (Å²) in [6.45, 7) is 0.650. The maximum atomic E-state index is 14.8. The van der Waals surface area contributed by atoms with Gasteiger partial charge >= 0.3 is 6.09 Å². The highest BCUT2D eigenvalue weighted by Crippen LogP contribution is 2.37. The quantitative estimate of drug-likeness (QED) is 0.625. The molecule has 3 fully saturated rings. The van der Waals surface area contributed by atoms with Crippen LogP contribution in [0.1, 0.15) is 6.42 Å². The highest BCUT2D eigenvalue weighted by molar-refractivity contribution is 7.85. The predicted octanol–water partition coefficient (Wildman–Crippen LogP) is 1.42. The molecule has 0 aromatic heterocycles. The van der Waals surface area contributed by atoms with Gasteiger partial charge in [0.1, 0.15) is 18.5 Å². The highest BCUT2D eigenvalue weighted by Gasteiger charge is 2.49. The molecule has 2 atom stereocenters. The van der Waals surface area contributed by atoms with Crippen LogP contribution in [-0.4, -0.2) is 78.3 Å². The van der Waals surface area contributed by atoms with Gasteiger partial charge in [0.05, 0.1) is 43.9 Å². The minimum atomic E-state index is -3.67. The van der Waals surface area contributed by atoms with Gasteiger partial charge in [0.2, 0.25) is 5.79 Å². The number of nitrogens with zero attached hydrogens (tertiary/aromatic N) is 2. The van der Waals surface area contributed by atoms with Crippen LogP contribution in [0.2, 0.25) is 0 Å². The fraction of sp³-hybridized carbons (Fsp3) is 0.611. The van der Waals surface area contributed by atoms with Gasteiger partial charge in [-0.05, 0) is 18.2 Å². The van der Waals surface area contributed by atoms with Crippen molar-refractivity contribution in [1.82, 2.24) is 0 Å². The molecule has 12 heteroatoms. The van der Waals surface area contributed by atoms with Gasteiger partial charge in [-0.2, -0.15) is 8.42 Å². The van der Waals surface area contributed by atoms with E-state index in [1.165, 1.54) is 17.0 Å². The van der Waals surface area contributed by atoms with E-state index in [-0.39, 0.29) is 37.5 Å². The molecule has 3 aliphatic heterocycles. The van der Waals surface area contributed by atoms with Crippen molar-refractivity contribution in [3.8, 4) is 0 Å². The van der Waals surface area contributed by atoms with Crippen LogP contribution in [0.15, 0.2) is 18.2 Å². The number of amides is 1. The third kappa shape index (κ3) is 4.22. The van der Waals surface area contributed by atoms with Gasteiger partial charge in [-0.3, -0.25) is 9.08 Å². The number of cyclic esters (lactones) is 1. The van der Waals surface area contributed by atoms with E-state index < -0.39 is 40.1 Å². The van der Waals surface area contributed by atoms with Gasteiger partial charge in [0, 0.05) is 13.0 Å². The number of benzene rings is 1. The van der Waals surface area contributed by atoms with Gasteiger partial charge < -0.3 is 19.1 Å². The van der Waals surface area contributed by atoms with Crippen LogP contribution in [0.25, 0.3) is 0 Å². The van der Waals surface area contributed by atoms with Crippen molar-refractivity contribution in [2.75, 3.05) is 55.5 Å². The number of carbonyl (C=O) groups is 1. The Morgan fingerprint density at radius 2 is 2.00 bits per heavy atom. The van der Waals surface area contributed by atoms with Crippen LogP contribution < -0.4 is 9.80 Å². The second-order valence-electron chi connectivity index (χ2n) is 7.41. The average molecular weight is 448 g/mol. The number of rotatable bonds is 5. The Labute approximate surface area is 172 Å². The van der Waals surface area contributed by atoms with E-state index in [2.05, 4.69) is 4.18 Å². The third-order valence-corrected chi connectivity index (χ3v) is 5.85. The molecule has 1 spiro atoms. The molecule has 9 nitrogen and oxygen atoms in total. The van der Waals surface area contributed by atoms with Crippen molar-refractivity contribution >= 4 is 27.6 Å². The second kappa shape index (κ2) is 7.91. The molecule has 166 valence electrons. The molecule has 3 heterocycles. The van der Waals surface area contributed by atoms with Gasteiger partial charge in [-0.25, -0.2) is 13.6 Å². The molecular weight excluding hydrogens is 426 g/mol. The van der Waals surface area contributed by atoms with E-state index in [0.717, 1.165) is 12.3 Å². The highest BCUT2D eigenvalue weighted by atomic mass is 32.2. The summed E-state index contributed by atoms with van der Waals surface area (Å²) in [5.41, 5.74) is 0.453. The lowest BCUT2D eigenvalue weighted by Gasteiger charge is -2.41. The van der Waals surface area contributed by atoms with E-state index >= 15 is 0 Å². The van der Waals surface area contributed by atoms with Crippen molar-refractivity contribution in [3.63, 3.8) is 0 Å². The summed E-state index contributed by atoms with van der Waals surface area (Å²) in [6.07, 6.45) is -1.78. The molecule has 0 saturated carbocycles. The van der Waals surface area contributed by atoms with E-state index in [0.29, 0.717) is 19.8 Å². The molecular formula is C18H22F2N2O7S. The van der Waals surface area contributed by atoms with Crippen LogP contribution in [0.5, 0.6) is 0 Å². The standard InChI is InChI=1S/C18H22F2N2O7S/c1-30(24,25)28-11-13-9-22(17(23)29-13)12-2-3-15(14(19)8-12)21-5-4-18(16(20)10-21)26-6-7-27-18/h2-3,8,13,16H,4-7,9-11H2,1H3/t13-,16?/m1/s1. The topological polar surface area (TPSA) is 94.6 Å². The van der Waals surface area contributed by atoms with Gasteiger partial charge in [0.15, 0.2) is 6.17 Å². The van der Waals surface area contributed by atoms with Gasteiger partial charge in [0.25, 0.3) is 10.1 Å². The smallest absolute Gasteiger partial charge is 0.414 e. The fourth-order valence-corrected chi connectivity index (χ4v) is 4.22. The Kier molecular flexibility index (Phi) is 5.60. The Morgan fingerprint density at radius 3 is 2.63 bits per heavy atom. The monoisotopic (exact) mass is 448 g/mol. The lowest BCUT2D eigenvalue weighted by atomic mass is 10.0. The molecule has 1 aromatic carbocycles. The van der Waals surface area contributed by atoms with Crippen LogP contribution >= 0.6 is 0 Å². The summed E-state index contributed by atoms with van der Waals surface area (Å²) in [6, 6.07) is 4.16. The van der Waals surface area contributed by atoms with Crippen LogP contribution in [-0.2, 0) is 28.5 Å². The Morgan fingerprint density at radius 1 is 1.27 bits per heavy atom. The van der Waals surface area contributed by atoms with Crippen LogP contribution in [0.3, 0.4) is 0 Å². The molecule has 3 saturated heterocycles. The maximum Gasteiger partial charge on any atom is 0.414 e. The first kappa shape index (κ1) is 21.2. The SMILES string of the molecule is CS(=O)(=O)OC[C@H]1CN(c2ccc(N3CCC4(OCCO4)C(F)C3)c(F)c2)C(=O)O1. The average Bonchev–Trinajstić information content (AvgIpc) is 3.29. The molecule has 1 aromatic rings. The Hall–Kier alpha value is -2.02.